The number of imidazole rings is 1. The molecule has 2 aromatic heterocycles. The van der Waals surface area contributed by atoms with Gasteiger partial charge in [-0.2, -0.15) is 0 Å². The lowest BCUT2D eigenvalue weighted by atomic mass is 9.93. The van der Waals surface area contributed by atoms with Crippen molar-refractivity contribution in [1.29, 1.82) is 0 Å². The van der Waals surface area contributed by atoms with Gasteiger partial charge in [0.2, 0.25) is 0 Å². The Morgan fingerprint density at radius 3 is 2.38 bits per heavy atom. The van der Waals surface area contributed by atoms with E-state index in [1.807, 2.05) is 19.1 Å². The normalized spacial score (nSPS) is 15.4. The van der Waals surface area contributed by atoms with E-state index in [1.165, 1.54) is 17.7 Å². The fraction of sp³-hybridized carbons (Fsp3) is 0.346. The van der Waals surface area contributed by atoms with Crippen molar-refractivity contribution < 1.29 is 4.39 Å². The molecule has 6 heteroatoms. The molecular weight excluding hydrogens is 401 g/mol. The van der Waals surface area contributed by atoms with Gasteiger partial charge in [-0.3, -0.25) is 4.90 Å². The summed E-state index contributed by atoms with van der Waals surface area (Å²) in [6, 6.07) is 17.4. The van der Waals surface area contributed by atoms with Crippen molar-refractivity contribution in [3.8, 4) is 0 Å². The highest BCUT2D eigenvalue weighted by atomic mass is 19.1. The summed E-state index contributed by atoms with van der Waals surface area (Å²) in [6.07, 6.45) is 4.86. The largest absolute Gasteiger partial charge is 0.308 e. The molecule has 4 aromatic rings. The minimum absolute atomic E-state index is 0.218. The van der Waals surface area contributed by atoms with Crippen molar-refractivity contribution >= 4 is 11.2 Å². The summed E-state index contributed by atoms with van der Waals surface area (Å²) in [4.78, 5) is 16.4. The van der Waals surface area contributed by atoms with E-state index in [9.17, 15) is 4.39 Å². The van der Waals surface area contributed by atoms with Gasteiger partial charge in [0, 0.05) is 13.0 Å². The van der Waals surface area contributed by atoms with Crippen LogP contribution in [0.15, 0.2) is 60.9 Å². The first-order chi connectivity index (χ1) is 15.7. The third-order valence-electron chi connectivity index (χ3n) is 6.48. The predicted octanol–water partition coefficient (Wildman–Crippen LogP) is 4.78. The number of aryl methyl sites for hydroxylation is 1. The molecule has 0 atom stereocenters. The van der Waals surface area contributed by atoms with Gasteiger partial charge in [-0.05, 0) is 62.0 Å². The summed E-state index contributed by atoms with van der Waals surface area (Å²) in [7, 11) is 0. The Morgan fingerprint density at radius 1 is 0.906 bits per heavy atom. The number of piperidine rings is 1. The molecule has 1 fully saturated rings. The summed E-state index contributed by atoms with van der Waals surface area (Å²) in [5.41, 5.74) is 5.04. The van der Waals surface area contributed by atoms with Gasteiger partial charge in [0.05, 0.1) is 12.2 Å². The molecule has 5 rings (SSSR count). The number of halogens is 1. The van der Waals surface area contributed by atoms with E-state index in [1.54, 1.807) is 6.33 Å². The molecule has 0 bridgehead atoms. The molecule has 1 aliphatic heterocycles. The van der Waals surface area contributed by atoms with Crippen molar-refractivity contribution in [2.75, 3.05) is 13.1 Å². The molecule has 0 aliphatic carbocycles. The van der Waals surface area contributed by atoms with Crippen molar-refractivity contribution in [3.05, 3.63) is 89.4 Å². The van der Waals surface area contributed by atoms with Crippen molar-refractivity contribution in [2.24, 2.45) is 5.92 Å². The van der Waals surface area contributed by atoms with Crippen LogP contribution in [0.25, 0.3) is 11.2 Å². The van der Waals surface area contributed by atoms with E-state index in [0.717, 1.165) is 67.1 Å². The van der Waals surface area contributed by atoms with E-state index in [0.29, 0.717) is 12.5 Å². The second-order valence-electron chi connectivity index (χ2n) is 8.78. The first-order valence-corrected chi connectivity index (χ1v) is 11.3. The average molecular weight is 430 g/mol. The van der Waals surface area contributed by atoms with E-state index in [-0.39, 0.29) is 5.82 Å². The molecule has 0 N–H and O–H groups in total. The molecule has 5 nitrogen and oxygen atoms in total. The monoisotopic (exact) mass is 429 g/mol. The van der Waals surface area contributed by atoms with Gasteiger partial charge in [0.1, 0.15) is 23.5 Å². The van der Waals surface area contributed by atoms with Crippen LogP contribution in [0.1, 0.15) is 35.5 Å². The van der Waals surface area contributed by atoms with Crippen LogP contribution in [0, 0.1) is 18.7 Å². The second-order valence-corrected chi connectivity index (χ2v) is 8.78. The second kappa shape index (κ2) is 9.17. The summed E-state index contributed by atoms with van der Waals surface area (Å²) >= 11 is 0. The van der Waals surface area contributed by atoms with Gasteiger partial charge in [0.15, 0.2) is 5.65 Å². The van der Waals surface area contributed by atoms with E-state index in [4.69, 9.17) is 4.98 Å². The maximum absolute atomic E-state index is 13.4. The van der Waals surface area contributed by atoms with Crippen LogP contribution in [-0.2, 0) is 19.5 Å². The molecule has 1 aliphatic rings. The zero-order valence-electron chi connectivity index (χ0n) is 18.4. The maximum atomic E-state index is 13.4. The van der Waals surface area contributed by atoms with Gasteiger partial charge in [-0.15, -0.1) is 0 Å². The number of fused-ring (bicyclic) bond motifs is 1. The number of aromatic nitrogens is 4. The maximum Gasteiger partial charge on any atom is 0.163 e. The Balaban J connectivity index is 1.32. The topological polar surface area (TPSA) is 46.8 Å². The molecule has 0 spiro atoms. The summed E-state index contributed by atoms with van der Waals surface area (Å²) < 4.78 is 15.6. The lowest BCUT2D eigenvalue weighted by Crippen LogP contribution is -2.34. The minimum Gasteiger partial charge on any atom is -0.308 e. The average Bonchev–Trinajstić information content (AvgIpc) is 3.16. The summed E-state index contributed by atoms with van der Waals surface area (Å²) in [5, 5.41) is 0. The van der Waals surface area contributed by atoms with E-state index >= 15 is 0 Å². The third kappa shape index (κ3) is 4.55. The standard InChI is InChI=1S/C26H28FN5/c1-19-25-26(29-18-28-19)32(17-22-7-9-23(27)10-8-22)24(30-25)15-20-11-13-31(14-12-20)16-21-5-3-2-4-6-21/h2-10,18,20H,11-17H2,1H3. The summed E-state index contributed by atoms with van der Waals surface area (Å²) in [6.45, 7) is 5.85. The number of hydrogen-bond acceptors (Lipinski definition) is 4. The number of nitrogens with zero attached hydrogens (tertiary/aromatic N) is 5. The highest BCUT2D eigenvalue weighted by molar-refractivity contribution is 5.73. The smallest absolute Gasteiger partial charge is 0.163 e. The van der Waals surface area contributed by atoms with Gasteiger partial charge >= 0.3 is 0 Å². The molecule has 32 heavy (non-hydrogen) atoms. The Kier molecular flexibility index (Phi) is 5.95. The van der Waals surface area contributed by atoms with E-state index in [2.05, 4.69) is 49.8 Å². The molecule has 0 amide bonds. The van der Waals surface area contributed by atoms with Gasteiger partial charge in [-0.25, -0.2) is 19.3 Å². The van der Waals surface area contributed by atoms with Crippen LogP contribution in [0.3, 0.4) is 0 Å². The number of benzene rings is 2. The van der Waals surface area contributed by atoms with Crippen LogP contribution in [0.4, 0.5) is 4.39 Å². The van der Waals surface area contributed by atoms with Crippen LogP contribution in [0.5, 0.6) is 0 Å². The first kappa shape index (κ1) is 20.8. The molecule has 0 unspecified atom stereocenters. The van der Waals surface area contributed by atoms with Crippen LogP contribution >= 0.6 is 0 Å². The van der Waals surface area contributed by atoms with Gasteiger partial charge < -0.3 is 4.57 Å². The Morgan fingerprint density at radius 2 is 1.62 bits per heavy atom. The lowest BCUT2D eigenvalue weighted by molar-refractivity contribution is 0.175. The zero-order chi connectivity index (χ0) is 21.9. The first-order valence-electron chi connectivity index (χ1n) is 11.3. The van der Waals surface area contributed by atoms with Gasteiger partial charge in [-0.1, -0.05) is 42.5 Å². The van der Waals surface area contributed by atoms with Crippen molar-refractivity contribution in [3.63, 3.8) is 0 Å². The number of likely N-dealkylation sites (tertiary alicyclic amines) is 1. The number of hydrogen-bond donors (Lipinski definition) is 0. The fourth-order valence-corrected chi connectivity index (χ4v) is 4.64. The van der Waals surface area contributed by atoms with Crippen LogP contribution < -0.4 is 0 Å². The third-order valence-corrected chi connectivity index (χ3v) is 6.48. The molecule has 164 valence electrons. The number of rotatable bonds is 6. The van der Waals surface area contributed by atoms with Gasteiger partial charge in [0.25, 0.3) is 0 Å². The van der Waals surface area contributed by atoms with Crippen molar-refractivity contribution in [2.45, 2.75) is 39.3 Å². The Bertz CT molecular complexity index is 1180. The van der Waals surface area contributed by atoms with Crippen molar-refractivity contribution in [1.82, 2.24) is 24.4 Å². The zero-order valence-corrected chi connectivity index (χ0v) is 18.4. The predicted molar refractivity (Wildman–Crippen MR) is 124 cm³/mol. The lowest BCUT2D eigenvalue weighted by Gasteiger charge is -2.32. The summed E-state index contributed by atoms with van der Waals surface area (Å²) in [5.74, 6) is 1.43. The molecule has 0 radical (unpaired) electrons. The van der Waals surface area contributed by atoms with E-state index < -0.39 is 0 Å². The molecular formula is C26H28FN5. The minimum atomic E-state index is -0.218. The quantitative estimate of drug-likeness (QED) is 0.443. The van der Waals surface area contributed by atoms with Crippen LogP contribution in [0.2, 0.25) is 0 Å². The highest BCUT2D eigenvalue weighted by Crippen LogP contribution is 2.26. The Hall–Kier alpha value is -3.12. The molecule has 3 heterocycles. The fourth-order valence-electron chi connectivity index (χ4n) is 4.64. The molecule has 2 aromatic carbocycles. The van der Waals surface area contributed by atoms with Crippen LogP contribution in [-0.4, -0.2) is 37.5 Å². The Labute approximate surface area is 188 Å². The highest BCUT2D eigenvalue weighted by Gasteiger charge is 2.23. The molecule has 0 saturated carbocycles. The SMILES string of the molecule is Cc1ncnc2c1nc(CC1CCN(Cc3ccccc3)CC1)n2Cc1ccc(F)cc1. The molecule has 1 saturated heterocycles.